The van der Waals surface area contributed by atoms with Crippen LogP contribution in [0.4, 0.5) is 0 Å². The first-order valence-electron chi connectivity index (χ1n) is 8.16. The average molecular weight is 304 g/mol. The highest BCUT2D eigenvalue weighted by Gasteiger charge is 2.23. The van der Waals surface area contributed by atoms with Gasteiger partial charge in [0.25, 0.3) is 0 Å². The molecule has 3 heteroatoms. The van der Waals surface area contributed by atoms with Gasteiger partial charge in [0.15, 0.2) is 0 Å². The minimum atomic E-state index is 0.0968. The first kappa shape index (κ1) is 14.1. The highest BCUT2D eigenvalue weighted by molar-refractivity contribution is 5.90. The lowest BCUT2D eigenvalue weighted by molar-refractivity contribution is -0.121. The summed E-state index contributed by atoms with van der Waals surface area (Å²) < 4.78 is 0. The van der Waals surface area contributed by atoms with Crippen LogP contribution in [0.3, 0.4) is 0 Å². The van der Waals surface area contributed by atoms with Gasteiger partial charge in [0.1, 0.15) is 0 Å². The molecule has 0 unspecified atom stereocenters. The van der Waals surface area contributed by atoms with Crippen LogP contribution < -0.4 is 5.32 Å². The van der Waals surface area contributed by atoms with E-state index in [2.05, 4.69) is 40.6 Å². The molecule has 0 aliphatic heterocycles. The number of carbonyl (C=O) groups excluding carboxylic acids is 1. The van der Waals surface area contributed by atoms with Gasteiger partial charge in [0, 0.05) is 16.6 Å². The Kier molecular flexibility index (Phi) is 3.41. The maximum absolute atomic E-state index is 12.5. The standard InChI is InChI=1S/C20H20N2O/c1-13-17(16-8-4-5-9-18(16)21-13)12-20(23)22-19-11-10-14-6-2-3-7-15(14)19/h2-9,19,21H,10-12H2,1H3,(H,22,23)/t19-/m0/s1. The summed E-state index contributed by atoms with van der Waals surface area (Å²) in [5.74, 6) is 0.0968. The monoisotopic (exact) mass is 304 g/mol. The molecule has 1 aromatic heterocycles. The zero-order valence-corrected chi connectivity index (χ0v) is 13.2. The second-order valence-corrected chi connectivity index (χ2v) is 6.31. The second kappa shape index (κ2) is 5.58. The van der Waals surface area contributed by atoms with Gasteiger partial charge in [-0.05, 0) is 42.5 Å². The molecule has 23 heavy (non-hydrogen) atoms. The average Bonchev–Trinajstić information content (AvgIpc) is 3.10. The number of nitrogens with one attached hydrogen (secondary N) is 2. The molecule has 0 spiro atoms. The number of hydrogen-bond acceptors (Lipinski definition) is 1. The lowest BCUT2D eigenvalue weighted by Gasteiger charge is -2.14. The molecule has 2 N–H and O–H groups in total. The van der Waals surface area contributed by atoms with Crippen molar-refractivity contribution in [3.05, 3.63) is 70.9 Å². The Hall–Kier alpha value is -2.55. The van der Waals surface area contributed by atoms with E-state index < -0.39 is 0 Å². The van der Waals surface area contributed by atoms with E-state index in [1.807, 2.05) is 25.1 Å². The number of hydrogen-bond donors (Lipinski definition) is 2. The van der Waals surface area contributed by atoms with Crippen molar-refractivity contribution in [1.29, 1.82) is 0 Å². The summed E-state index contributed by atoms with van der Waals surface area (Å²) in [6.07, 6.45) is 2.47. The summed E-state index contributed by atoms with van der Waals surface area (Å²) in [5.41, 5.74) is 5.91. The highest BCUT2D eigenvalue weighted by Crippen LogP contribution is 2.31. The van der Waals surface area contributed by atoms with Gasteiger partial charge in [-0.1, -0.05) is 42.5 Å². The Bertz CT molecular complexity index is 878. The SMILES string of the molecule is Cc1[nH]c2ccccc2c1CC(=O)N[C@H]1CCc2ccccc21. The molecule has 0 fully saturated rings. The van der Waals surface area contributed by atoms with E-state index in [-0.39, 0.29) is 11.9 Å². The Morgan fingerprint density at radius 2 is 1.96 bits per heavy atom. The number of para-hydroxylation sites is 1. The lowest BCUT2D eigenvalue weighted by atomic mass is 10.1. The third-order valence-corrected chi connectivity index (χ3v) is 4.83. The summed E-state index contributed by atoms with van der Waals surface area (Å²) in [7, 11) is 0. The minimum Gasteiger partial charge on any atom is -0.358 e. The molecule has 1 aliphatic carbocycles. The van der Waals surface area contributed by atoms with Gasteiger partial charge in [-0.2, -0.15) is 0 Å². The number of benzene rings is 2. The number of aromatic amines is 1. The van der Waals surface area contributed by atoms with Gasteiger partial charge >= 0.3 is 0 Å². The number of carbonyl (C=O) groups is 1. The fourth-order valence-electron chi connectivity index (χ4n) is 3.68. The summed E-state index contributed by atoms with van der Waals surface area (Å²) in [6, 6.07) is 16.7. The maximum atomic E-state index is 12.5. The molecule has 116 valence electrons. The van der Waals surface area contributed by atoms with Crippen molar-refractivity contribution in [2.24, 2.45) is 0 Å². The van der Waals surface area contributed by atoms with Crippen LogP contribution in [0.5, 0.6) is 0 Å². The molecule has 0 radical (unpaired) electrons. The van der Waals surface area contributed by atoms with Crippen molar-refractivity contribution in [3.63, 3.8) is 0 Å². The van der Waals surface area contributed by atoms with Crippen molar-refractivity contribution in [2.45, 2.75) is 32.2 Å². The third-order valence-electron chi connectivity index (χ3n) is 4.83. The van der Waals surface area contributed by atoms with Crippen LogP contribution in [0.1, 0.15) is 34.8 Å². The number of amides is 1. The Labute approximate surface area is 135 Å². The quantitative estimate of drug-likeness (QED) is 0.759. The number of H-pyrrole nitrogens is 1. The van der Waals surface area contributed by atoms with Crippen LogP contribution in [0.25, 0.3) is 10.9 Å². The van der Waals surface area contributed by atoms with Crippen LogP contribution in [0.2, 0.25) is 0 Å². The molecule has 0 bridgehead atoms. The molecule has 1 amide bonds. The van der Waals surface area contributed by atoms with Crippen molar-refractivity contribution >= 4 is 16.8 Å². The lowest BCUT2D eigenvalue weighted by Crippen LogP contribution is -2.28. The largest absolute Gasteiger partial charge is 0.358 e. The predicted molar refractivity (Wildman–Crippen MR) is 92.4 cm³/mol. The predicted octanol–water partition coefficient (Wildman–Crippen LogP) is 3.82. The second-order valence-electron chi connectivity index (χ2n) is 6.31. The van der Waals surface area contributed by atoms with Gasteiger partial charge in [0.05, 0.1) is 12.5 Å². The Morgan fingerprint density at radius 1 is 1.17 bits per heavy atom. The molecule has 0 saturated carbocycles. The van der Waals surface area contributed by atoms with Crippen LogP contribution in [-0.4, -0.2) is 10.9 Å². The van der Waals surface area contributed by atoms with Crippen LogP contribution >= 0.6 is 0 Å². The highest BCUT2D eigenvalue weighted by atomic mass is 16.1. The molecule has 1 atom stereocenters. The summed E-state index contributed by atoms with van der Waals surface area (Å²) in [4.78, 5) is 15.9. The van der Waals surface area contributed by atoms with Gasteiger partial charge < -0.3 is 10.3 Å². The fourth-order valence-corrected chi connectivity index (χ4v) is 3.68. The van der Waals surface area contributed by atoms with Crippen LogP contribution in [0.15, 0.2) is 48.5 Å². The topological polar surface area (TPSA) is 44.9 Å². The maximum Gasteiger partial charge on any atom is 0.224 e. The molecule has 3 aromatic rings. The van der Waals surface area contributed by atoms with Gasteiger partial charge in [-0.15, -0.1) is 0 Å². The molecular formula is C20H20N2O. The van der Waals surface area contributed by atoms with E-state index in [4.69, 9.17) is 0 Å². The number of aryl methyl sites for hydroxylation is 2. The molecule has 2 aromatic carbocycles. The smallest absolute Gasteiger partial charge is 0.224 e. The number of aromatic nitrogens is 1. The van der Waals surface area contributed by atoms with E-state index >= 15 is 0 Å². The first-order valence-corrected chi connectivity index (χ1v) is 8.16. The zero-order valence-electron chi connectivity index (χ0n) is 13.2. The molecule has 3 nitrogen and oxygen atoms in total. The summed E-state index contributed by atoms with van der Waals surface area (Å²) >= 11 is 0. The van der Waals surface area contributed by atoms with Crippen molar-refractivity contribution in [2.75, 3.05) is 0 Å². The van der Waals surface area contributed by atoms with Crippen molar-refractivity contribution in [3.8, 4) is 0 Å². The molecule has 4 rings (SSSR count). The first-order chi connectivity index (χ1) is 11.2. The zero-order chi connectivity index (χ0) is 15.8. The van der Waals surface area contributed by atoms with Crippen molar-refractivity contribution in [1.82, 2.24) is 10.3 Å². The molecule has 1 aliphatic rings. The van der Waals surface area contributed by atoms with Gasteiger partial charge in [0.2, 0.25) is 5.91 Å². The number of rotatable bonds is 3. The van der Waals surface area contributed by atoms with E-state index in [0.29, 0.717) is 6.42 Å². The summed E-state index contributed by atoms with van der Waals surface area (Å²) in [5, 5.41) is 4.36. The van der Waals surface area contributed by atoms with Gasteiger partial charge in [-0.25, -0.2) is 0 Å². The number of fused-ring (bicyclic) bond motifs is 2. The van der Waals surface area contributed by atoms with Crippen molar-refractivity contribution < 1.29 is 4.79 Å². The van der Waals surface area contributed by atoms with E-state index in [9.17, 15) is 4.79 Å². The molecular weight excluding hydrogens is 284 g/mol. The minimum absolute atomic E-state index is 0.0968. The normalized spacial score (nSPS) is 16.5. The van der Waals surface area contributed by atoms with Gasteiger partial charge in [-0.3, -0.25) is 4.79 Å². The Morgan fingerprint density at radius 3 is 2.87 bits per heavy atom. The van der Waals surface area contributed by atoms with Crippen LogP contribution in [0, 0.1) is 6.92 Å². The van der Waals surface area contributed by atoms with E-state index in [1.54, 1.807) is 0 Å². The van der Waals surface area contributed by atoms with Crippen LogP contribution in [-0.2, 0) is 17.6 Å². The fraction of sp³-hybridized carbons (Fsp3) is 0.250. The molecule has 0 saturated heterocycles. The van der Waals surface area contributed by atoms with E-state index in [0.717, 1.165) is 35.0 Å². The Balaban J connectivity index is 1.53. The summed E-state index contributed by atoms with van der Waals surface area (Å²) in [6.45, 7) is 2.04. The van der Waals surface area contributed by atoms with E-state index in [1.165, 1.54) is 11.1 Å². The molecule has 1 heterocycles. The third kappa shape index (κ3) is 2.52.